The highest BCUT2D eigenvalue weighted by Gasteiger charge is 2.20. The van der Waals surface area contributed by atoms with Crippen LogP contribution in [0.5, 0.6) is 17.2 Å². The number of tetrazole rings is 1. The molecular weight excluding hydrogens is 692 g/mol. The van der Waals surface area contributed by atoms with Crippen molar-refractivity contribution in [3.8, 4) is 34.4 Å². The monoisotopic (exact) mass is 736 g/mol. The van der Waals surface area contributed by atoms with E-state index in [4.69, 9.17) is 25.8 Å². The molecule has 12 nitrogen and oxygen atoms in total. The quantitative estimate of drug-likeness (QED) is 0.107. The molecule has 0 unspecified atom stereocenters. The molecule has 1 aliphatic rings. The summed E-state index contributed by atoms with van der Waals surface area (Å²) in [5, 5.41) is 33.8. The van der Waals surface area contributed by atoms with Crippen LogP contribution in [0.3, 0.4) is 0 Å². The SMILES string of the molecule is Cc1c(COc2cc(OCc3cncc(C#N)c3)c(CN(C)CCc3nn[nH]n3)cc2Cl)cccc1-c1cccc(OCCCN2CC[C@@H](O)C2)c1C. The number of pyridine rings is 1. The van der Waals surface area contributed by atoms with E-state index in [9.17, 15) is 10.4 Å². The van der Waals surface area contributed by atoms with Gasteiger partial charge in [-0.3, -0.25) is 4.98 Å². The number of hydrogen-bond donors (Lipinski definition) is 2. The van der Waals surface area contributed by atoms with Crippen LogP contribution in [-0.2, 0) is 26.2 Å². The van der Waals surface area contributed by atoms with E-state index in [1.54, 1.807) is 12.3 Å². The van der Waals surface area contributed by atoms with Gasteiger partial charge in [-0.2, -0.15) is 10.5 Å². The molecule has 1 aliphatic heterocycles. The van der Waals surface area contributed by atoms with E-state index >= 15 is 0 Å². The van der Waals surface area contributed by atoms with Crippen molar-refractivity contribution < 1.29 is 19.3 Å². The van der Waals surface area contributed by atoms with Crippen LogP contribution < -0.4 is 14.2 Å². The molecule has 2 N–H and O–H groups in total. The number of aromatic nitrogens is 5. The van der Waals surface area contributed by atoms with Crippen molar-refractivity contribution in [3.63, 3.8) is 0 Å². The number of benzene rings is 3. The fourth-order valence-corrected chi connectivity index (χ4v) is 6.76. The first-order valence-corrected chi connectivity index (χ1v) is 18.2. The molecule has 0 amide bonds. The molecule has 5 aromatic rings. The Morgan fingerprint density at radius 2 is 1.79 bits per heavy atom. The lowest BCUT2D eigenvalue weighted by molar-refractivity contribution is 0.173. The number of halogens is 1. The highest BCUT2D eigenvalue weighted by atomic mass is 35.5. The van der Waals surface area contributed by atoms with Crippen LogP contribution in [0.2, 0.25) is 5.02 Å². The molecule has 276 valence electrons. The van der Waals surface area contributed by atoms with Crippen LogP contribution in [-0.4, -0.2) is 86.5 Å². The molecule has 0 bridgehead atoms. The number of likely N-dealkylation sites (N-methyl/N-ethyl adjacent to an activating group) is 1. The van der Waals surface area contributed by atoms with Gasteiger partial charge in [0.15, 0.2) is 5.82 Å². The molecule has 2 aromatic heterocycles. The summed E-state index contributed by atoms with van der Waals surface area (Å²) in [7, 11) is 2.00. The minimum Gasteiger partial charge on any atom is -0.493 e. The summed E-state index contributed by atoms with van der Waals surface area (Å²) in [6.45, 7) is 9.21. The number of aliphatic hydroxyl groups is 1. The largest absolute Gasteiger partial charge is 0.493 e. The molecule has 6 rings (SSSR count). The third-order valence-corrected chi connectivity index (χ3v) is 9.80. The van der Waals surface area contributed by atoms with E-state index in [2.05, 4.69) is 73.5 Å². The first kappa shape index (κ1) is 37.7. The first-order valence-electron chi connectivity index (χ1n) is 17.8. The lowest BCUT2D eigenvalue weighted by atomic mass is 9.93. The van der Waals surface area contributed by atoms with Gasteiger partial charge in [-0.25, -0.2) is 0 Å². The lowest BCUT2D eigenvalue weighted by Gasteiger charge is -2.21. The van der Waals surface area contributed by atoms with Gasteiger partial charge in [0, 0.05) is 68.7 Å². The van der Waals surface area contributed by atoms with E-state index in [-0.39, 0.29) is 12.7 Å². The topological polar surface area (TPSA) is 146 Å². The number of nitriles is 1. The van der Waals surface area contributed by atoms with Crippen LogP contribution >= 0.6 is 11.6 Å². The summed E-state index contributed by atoms with van der Waals surface area (Å²) in [5.74, 6) is 2.64. The Balaban J connectivity index is 1.15. The van der Waals surface area contributed by atoms with Crippen molar-refractivity contribution in [3.05, 3.63) is 111 Å². The number of hydrogen-bond acceptors (Lipinski definition) is 11. The van der Waals surface area contributed by atoms with Crippen LogP contribution in [0.25, 0.3) is 11.1 Å². The van der Waals surface area contributed by atoms with Gasteiger partial charge in [0.25, 0.3) is 0 Å². The Kier molecular flexibility index (Phi) is 12.9. The lowest BCUT2D eigenvalue weighted by Crippen LogP contribution is -2.24. The Hall–Kier alpha value is -5.06. The molecule has 0 spiro atoms. The Morgan fingerprint density at radius 1 is 0.981 bits per heavy atom. The number of aliphatic hydroxyl groups excluding tert-OH is 1. The smallest absolute Gasteiger partial charge is 0.175 e. The van der Waals surface area contributed by atoms with Crippen LogP contribution in [0.1, 0.15) is 52.0 Å². The number of nitrogens with zero attached hydrogens (tertiary/aromatic N) is 7. The van der Waals surface area contributed by atoms with E-state index in [0.29, 0.717) is 60.6 Å². The number of aromatic amines is 1. The maximum Gasteiger partial charge on any atom is 0.175 e. The second-order valence-electron chi connectivity index (χ2n) is 13.4. The minimum atomic E-state index is -0.204. The highest BCUT2D eigenvalue weighted by Crippen LogP contribution is 2.36. The molecule has 0 saturated carbocycles. The van der Waals surface area contributed by atoms with Gasteiger partial charge in [0.1, 0.15) is 36.5 Å². The Labute approximate surface area is 315 Å². The molecule has 1 fully saturated rings. The summed E-state index contributed by atoms with van der Waals surface area (Å²) >= 11 is 6.86. The van der Waals surface area contributed by atoms with Gasteiger partial charge in [-0.05, 0) is 79.8 Å². The van der Waals surface area contributed by atoms with Crippen molar-refractivity contribution in [2.24, 2.45) is 0 Å². The number of ether oxygens (including phenoxy) is 3. The molecule has 13 heteroatoms. The number of nitrogens with one attached hydrogen (secondary N) is 1. The van der Waals surface area contributed by atoms with Gasteiger partial charge >= 0.3 is 0 Å². The molecule has 0 aliphatic carbocycles. The van der Waals surface area contributed by atoms with E-state index in [1.807, 2.05) is 37.4 Å². The first-order chi connectivity index (χ1) is 25.8. The maximum atomic E-state index is 9.80. The summed E-state index contributed by atoms with van der Waals surface area (Å²) in [6, 6.07) is 20.0. The minimum absolute atomic E-state index is 0.204. The molecular formula is C40H45ClN8O4. The van der Waals surface area contributed by atoms with Crippen LogP contribution in [0, 0.1) is 25.2 Å². The Morgan fingerprint density at radius 3 is 2.57 bits per heavy atom. The average Bonchev–Trinajstić information content (AvgIpc) is 3.85. The highest BCUT2D eigenvalue weighted by molar-refractivity contribution is 6.32. The van der Waals surface area contributed by atoms with Crippen molar-refractivity contribution >= 4 is 11.6 Å². The zero-order valence-corrected chi connectivity index (χ0v) is 31.1. The zero-order valence-electron chi connectivity index (χ0n) is 30.4. The summed E-state index contributed by atoms with van der Waals surface area (Å²) in [4.78, 5) is 8.59. The summed E-state index contributed by atoms with van der Waals surface area (Å²) in [5.41, 5.74) is 7.58. The van der Waals surface area contributed by atoms with E-state index in [1.165, 1.54) is 6.20 Å². The molecule has 53 heavy (non-hydrogen) atoms. The van der Waals surface area contributed by atoms with Gasteiger partial charge in [0.05, 0.1) is 23.3 Å². The van der Waals surface area contributed by atoms with Gasteiger partial charge in [-0.1, -0.05) is 47.1 Å². The third-order valence-electron chi connectivity index (χ3n) is 9.51. The number of β-amino-alcohol motifs (C(OH)–C–C–N with tert-alkyl or cyclic N) is 1. The maximum absolute atomic E-state index is 9.80. The zero-order chi connectivity index (χ0) is 37.2. The van der Waals surface area contributed by atoms with Gasteiger partial charge < -0.3 is 29.1 Å². The summed E-state index contributed by atoms with van der Waals surface area (Å²) in [6.07, 6.45) is 5.39. The predicted octanol–water partition coefficient (Wildman–Crippen LogP) is 6.07. The predicted molar refractivity (Wildman–Crippen MR) is 202 cm³/mol. The van der Waals surface area contributed by atoms with E-state index in [0.717, 1.165) is 77.2 Å². The van der Waals surface area contributed by atoms with Crippen molar-refractivity contribution in [1.29, 1.82) is 5.26 Å². The Bertz CT molecular complexity index is 2020. The van der Waals surface area contributed by atoms with Crippen LogP contribution in [0.15, 0.2) is 67.0 Å². The fourth-order valence-electron chi connectivity index (χ4n) is 6.52. The molecule has 3 aromatic carbocycles. The van der Waals surface area contributed by atoms with Gasteiger partial charge in [0.2, 0.25) is 0 Å². The molecule has 1 atom stereocenters. The number of rotatable bonds is 17. The second kappa shape index (κ2) is 18.1. The van der Waals surface area contributed by atoms with Crippen molar-refractivity contribution in [1.82, 2.24) is 35.4 Å². The third kappa shape index (κ3) is 10.1. The number of likely N-dealkylation sites (tertiary alicyclic amines) is 1. The number of H-pyrrole nitrogens is 1. The standard InChI is InChI=1S/C40H45ClN8O4/c1-27-31(7-4-8-34(27)35-9-5-10-37(28(35)2)51-16-6-13-49-15-11-33(50)24-49)26-53-39-19-38(52-25-30-17-29(20-42)21-43-22-30)32(18-36(39)41)23-48(3)14-12-40-44-46-47-45-40/h4-5,7-10,17-19,21-22,33,50H,6,11-16,23-26H2,1-3H3,(H,44,45,46,47)/t33-/m1/s1. The van der Waals surface area contributed by atoms with Crippen molar-refractivity contribution in [2.45, 2.75) is 59.0 Å². The summed E-state index contributed by atoms with van der Waals surface area (Å²) < 4.78 is 19.0. The van der Waals surface area contributed by atoms with Crippen LogP contribution in [0.4, 0.5) is 0 Å². The fraction of sp³-hybridized carbons (Fsp3) is 0.375. The normalized spacial score (nSPS) is 14.4. The molecule has 3 heterocycles. The molecule has 1 saturated heterocycles. The average molecular weight is 737 g/mol. The van der Waals surface area contributed by atoms with Gasteiger partial charge in [-0.15, -0.1) is 10.2 Å². The van der Waals surface area contributed by atoms with Crippen molar-refractivity contribution in [2.75, 3.05) is 39.8 Å². The van der Waals surface area contributed by atoms with E-state index < -0.39 is 0 Å². The second-order valence-corrected chi connectivity index (χ2v) is 13.8. The molecule has 0 radical (unpaired) electrons.